The third-order valence-electron chi connectivity index (χ3n) is 3.93. The lowest BCUT2D eigenvalue weighted by atomic mass is 9.92. The van der Waals surface area contributed by atoms with Crippen LogP contribution in [0.15, 0.2) is 0 Å². The molecule has 0 aliphatic carbocycles. The quantitative estimate of drug-likeness (QED) is 0.725. The number of carboxylic acids is 1. The Morgan fingerprint density at radius 1 is 1.29 bits per heavy atom. The molecule has 0 bridgehead atoms. The molecule has 0 unspecified atom stereocenters. The summed E-state index contributed by atoms with van der Waals surface area (Å²) in [4.78, 5) is 23.4. The molecule has 9 heteroatoms. The van der Waals surface area contributed by atoms with E-state index < -0.39 is 27.4 Å². The van der Waals surface area contributed by atoms with Crippen LogP contribution in [0, 0.1) is 0 Å². The van der Waals surface area contributed by atoms with E-state index in [0.717, 1.165) is 0 Å². The second kappa shape index (κ2) is 6.53. The number of rotatable bonds is 5. The van der Waals surface area contributed by atoms with Crippen LogP contribution >= 0.6 is 11.8 Å². The van der Waals surface area contributed by atoms with Crippen molar-refractivity contribution in [3.63, 3.8) is 0 Å². The summed E-state index contributed by atoms with van der Waals surface area (Å²) >= 11 is 1.67. The van der Waals surface area contributed by atoms with E-state index in [1.807, 2.05) is 0 Å². The molecule has 0 aromatic carbocycles. The Balaban J connectivity index is 1.90. The number of thioether (sulfide) groups is 1. The molecular formula is C12H20N2O5S2. The summed E-state index contributed by atoms with van der Waals surface area (Å²) in [7, 11) is -3.21. The number of carbonyl (C=O) groups excluding carboxylic acids is 1. The SMILES string of the molecule is O=C(CCN1CCCS1(=O)=O)NC1(C(=O)O)CCSCC1. The summed E-state index contributed by atoms with van der Waals surface area (Å²) in [5.41, 5.74) is -1.19. The highest BCUT2D eigenvalue weighted by Gasteiger charge is 2.41. The third-order valence-corrected chi connectivity index (χ3v) is 6.87. The number of hydrogen-bond donors (Lipinski definition) is 2. The van der Waals surface area contributed by atoms with Crippen LogP contribution in [0.4, 0.5) is 0 Å². The number of carbonyl (C=O) groups is 2. The summed E-state index contributed by atoms with van der Waals surface area (Å²) in [5, 5.41) is 12.0. The number of amides is 1. The fourth-order valence-electron chi connectivity index (χ4n) is 2.61. The lowest BCUT2D eigenvalue weighted by Gasteiger charge is -2.33. The van der Waals surface area contributed by atoms with Crippen molar-refractivity contribution >= 4 is 33.7 Å². The highest BCUT2D eigenvalue weighted by molar-refractivity contribution is 7.99. The van der Waals surface area contributed by atoms with E-state index in [-0.39, 0.29) is 18.7 Å². The Hall–Kier alpha value is -0.800. The number of sulfonamides is 1. The second-order valence-corrected chi connectivity index (χ2v) is 8.68. The minimum atomic E-state index is -3.21. The van der Waals surface area contributed by atoms with Crippen LogP contribution in [-0.4, -0.2) is 65.6 Å². The van der Waals surface area contributed by atoms with E-state index in [1.54, 1.807) is 11.8 Å². The Morgan fingerprint density at radius 2 is 1.95 bits per heavy atom. The highest BCUT2D eigenvalue weighted by atomic mass is 32.2. The van der Waals surface area contributed by atoms with E-state index in [2.05, 4.69) is 5.32 Å². The molecule has 21 heavy (non-hydrogen) atoms. The summed E-state index contributed by atoms with van der Waals surface area (Å²) in [6, 6.07) is 0. The first-order valence-electron chi connectivity index (χ1n) is 6.96. The van der Waals surface area contributed by atoms with Gasteiger partial charge < -0.3 is 10.4 Å². The smallest absolute Gasteiger partial charge is 0.329 e. The molecule has 2 heterocycles. The van der Waals surface area contributed by atoms with Crippen LogP contribution < -0.4 is 5.32 Å². The van der Waals surface area contributed by atoms with Gasteiger partial charge in [0, 0.05) is 19.5 Å². The van der Waals surface area contributed by atoms with Crippen LogP contribution in [0.5, 0.6) is 0 Å². The Labute approximate surface area is 128 Å². The van der Waals surface area contributed by atoms with E-state index in [4.69, 9.17) is 0 Å². The average molecular weight is 336 g/mol. The van der Waals surface area contributed by atoms with E-state index >= 15 is 0 Å². The molecule has 0 saturated carbocycles. The average Bonchev–Trinajstić information content (AvgIpc) is 2.76. The van der Waals surface area contributed by atoms with Crippen molar-refractivity contribution in [2.75, 3.05) is 30.3 Å². The lowest BCUT2D eigenvalue weighted by molar-refractivity contribution is -0.148. The number of nitrogens with one attached hydrogen (secondary N) is 1. The first-order valence-corrected chi connectivity index (χ1v) is 9.72. The molecule has 2 rings (SSSR count). The molecule has 0 aromatic heterocycles. The van der Waals surface area contributed by atoms with Gasteiger partial charge in [-0.1, -0.05) is 0 Å². The maximum absolute atomic E-state index is 12.0. The molecule has 0 atom stereocenters. The Kier molecular flexibility index (Phi) is 5.15. The second-order valence-electron chi connectivity index (χ2n) is 5.37. The largest absolute Gasteiger partial charge is 0.480 e. The number of hydrogen-bond acceptors (Lipinski definition) is 5. The first kappa shape index (κ1) is 16.6. The normalized spacial score (nSPS) is 24.6. The van der Waals surface area contributed by atoms with Gasteiger partial charge in [0.05, 0.1) is 5.75 Å². The zero-order valence-corrected chi connectivity index (χ0v) is 13.3. The zero-order valence-electron chi connectivity index (χ0n) is 11.7. The summed E-state index contributed by atoms with van der Waals surface area (Å²) < 4.78 is 24.6. The van der Waals surface area contributed by atoms with E-state index in [1.165, 1.54) is 4.31 Å². The van der Waals surface area contributed by atoms with Gasteiger partial charge in [-0.25, -0.2) is 17.5 Å². The molecule has 0 spiro atoms. The molecule has 7 nitrogen and oxygen atoms in total. The van der Waals surface area contributed by atoms with Gasteiger partial charge in [-0.15, -0.1) is 0 Å². The highest BCUT2D eigenvalue weighted by Crippen LogP contribution is 2.27. The van der Waals surface area contributed by atoms with Crippen molar-refractivity contribution in [1.29, 1.82) is 0 Å². The zero-order chi connectivity index (χ0) is 15.5. The fraction of sp³-hybridized carbons (Fsp3) is 0.833. The Bertz CT molecular complexity index is 514. The maximum Gasteiger partial charge on any atom is 0.329 e. The third kappa shape index (κ3) is 3.89. The van der Waals surface area contributed by atoms with Crippen molar-refractivity contribution < 1.29 is 23.1 Å². The predicted molar refractivity (Wildman–Crippen MR) is 79.7 cm³/mol. The summed E-state index contributed by atoms with van der Waals surface area (Å²) in [6.45, 7) is 0.564. The standard InChI is InChI=1S/C12H20N2O5S2/c15-10(2-6-14-5-1-9-21(14,18)19)13-12(11(16)17)3-7-20-8-4-12/h1-9H2,(H,13,15)(H,16,17). The molecule has 2 saturated heterocycles. The topological polar surface area (TPSA) is 104 Å². The monoisotopic (exact) mass is 336 g/mol. The van der Waals surface area contributed by atoms with Gasteiger partial charge in [0.2, 0.25) is 15.9 Å². The van der Waals surface area contributed by atoms with Crippen LogP contribution in [-0.2, 0) is 19.6 Å². The molecule has 120 valence electrons. The molecule has 0 aromatic rings. The molecule has 1 amide bonds. The van der Waals surface area contributed by atoms with Gasteiger partial charge in [-0.2, -0.15) is 11.8 Å². The summed E-state index contributed by atoms with van der Waals surface area (Å²) in [5.74, 6) is 0.127. The van der Waals surface area contributed by atoms with Gasteiger partial charge in [-0.3, -0.25) is 4.79 Å². The van der Waals surface area contributed by atoms with Crippen LogP contribution in [0.2, 0.25) is 0 Å². The van der Waals surface area contributed by atoms with Crippen molar-refractivity contribution in [2.24, 2.45) is 0 Å². The number of aliphatic carboxylic acids is 1. The molecule has 0 radical (unpaired) electrons. The first-order chi connectivity index (χ1) is 9.86. The molecule has 2 aliphatic rings. The van der Waals surface area contributed by atoms with Crippen LogP contribution in [0.25, 0.3) is 0 Å². The maximum atomic E-state index is 12.0. The summed E-state index contributed by atoms with van der Waals surface area (Å²) in [6.07, 6.45) is 1.39. The van der Waals surface area contributed by atoms with Gasteiger partial charge in [0.25, 0.3) is 0 Å². The molecular weight excluding hydrogens is 316 g/mol. The van der Waals surface area contributed by atoms with Gasteiger partial charge in [-0.05, 0) is 30.8 Å². The predicted octanol–water partition coefficient (Wildman–Crippen LogP) is -0.121. The van der Waals surface area contributed by atoms with E-state index in [0.29, 0.717) is 37.3 Å². The lowest BCUT2D eigenvalue weighted by Crippen LogP contribution is -2.56. The van der Waals surface area contributed by atoms with Gasteiger partial charge >= 0.3 is 5.97 Å². The minimum Gasteiger partial charge on any atom is -0.480 e. The van der Waals surface area contributed by atoms with Gasteiger partial charge in [0.15, 0.2) is 0 Å². The van der Waals surface area contributed by atoms with Crippen LogP contribution in [0.3, 0.4) is 0 Å². The Morgan fingerprint density at radius 3 is 2.48 bits per heavy atom. The number of nitrogens with zero attached hydrogens (tertiary/aromatic N) is 1. The minimum absolute atomic E-state index is 0.00139. The van der Waals surface area contributed by atoms with Crippen molar-refractivity contribution in [3.05, 3.63) is 0 Å². The molecule has 2 fully saturated rings. The fourth-order valence-corrected chi connectivity index (χ4v) is 5.33. The molecule has 2 aliphatic heterocycles. The van der Waals surface area contributed by atoms with E-state index in [9.17, 15) is 23.1 Å². The number of carboxylic acid groups (broad SMARTS) is 1. The van der Waals surface area contributed by atoms with Crippen LogP contribution in [0.1, 0.15) is 25.7 Å². The molecule has 2 N–H and O–H groups in total. The van der Waals surface area contributed by atoms with Crippen molar-refractivity contribution in [1.82, 2.24) is 9.62 Å². The van der Waals surface area contributed by atoms with Crippen molar-refractivity contribution in [2.45, 2.75) is 31.2 Å². The van der Waals surface area contributed by atoms with Gasteiger partial charge in [0.1, 0.15) is 5.54 Å². The van der Waals surface area contributed by atoms with Crippen molar-refractivity contribution in [3.8, 4) is 0 Å².